The van der Waals surface area contributed by atoms with E-state index < -0.39 is 42.1 Å². The van der Waals surface area contributed by atoms with Gasteiger partial charge in [0.2, 0.25) is 35.7 Å². The molecule has 0 atom stereocenters. The first-order chi connectivity index (χ1) is 21.1. The van der Waals surface area contributed by atoms with E-state index in [1.165, 1.54) is 18.2 Å². The Labute approximate surface area is 256 Å². The van der Waals surface area contributed by atoms with E-state index in [9.17, 15) is 19.5 Å². The molecule has 0 fully saturated rings. The van der Waals surface area contributed by atoms with E-state index in [0.717, 1.165) is 0 Å². The molecule has 242 valence electrons. The van der Waals surface area contributed by atoms with Crippen LogP contribution in [0.1, 0.15) is 38.1 Å². The van der Waals surface area contributed by atoms with Gasteiger partial charge in [-0.25, -0.2) is 4.79 Å². The van der Waals surface area contributed by atoms with Gasteiger partial charge >= 0.3 is 17.9 Å². The summed E-state index contributed by atoms with van der Waals surface area (Å²) in [5.41, 5.74) is 10.5. The number of carboxylic acid groups (broad SMARTS) is 3. The maximum atomic E-state index is 12.2. The first-order valence-electron chi connectivity index (χ1n) is 13.4. The van der Waals surface area contributed by atoms with E-state index in [1.807, 2.05) is 13.8 Å². The minimum atomic E-state index is -1.30. The molecule has 13 N–H and O–H groups in total. The van der Waals surface area contributed by atoms with Crippen molar-refractivity contribution in [2.45, 2.75) is 38.8 Å². The zero-order valence-corrected chi connectivity index (χ0v) is 25.0. The van der Waals surface area contributed by atoms with Crippen molar-refractivity contribution in [3.63, 3.8) is 0 Å². The van der Waals surface area contributed by atoms with Crippen molar-refractivity contribution >= 4 is 65.0 Å². The van der Waals surface area contributed by atoms with Gasteiger partial charge in [0, 0.05) is 29.9 Å². The molecular formula is C25H36N14O6. The number of rotatable bonds is 17. The van der Waals surface area contributed by atoms with Crippen molar-refractivity contribution in [1.29, 1.82) is 0 Å². The highest BCUT2D eigenvalue weighted by Crippen LogP contribution is 2.26. The Kier molecular flexibility index (Phi) is 10.7. The molecule has 0 saturated carbocycles. The Morgan fingerprint density at radius 3 is 1.51 bits per heavy atom. The summed E-state index contributed by atoms with van der Waals surface area (Å²) in [6.07, 6.45) is 0. The lowest BCUT2D eigenvalue weighted by atomic mass is 10.1. The monoisotopic (exact) mass is 628 g/mol. The first kappa shape index (κ1) is 33.9. The van der Waals surface area contributed by atoms with Crippen LogP contribution in [0.5, 0.6) is 0 Å². The molecule has 20 heteroatoms. The van der Waals surface area contributed by atoms with E-state index in [-0.39, 0.29) is 65.7 Å². The molecule has 0 aliphatic heterocycles. The molecule has 2 aromatic heterocycles. The van der Waals surface area contributed by atoms with Crippen LogP contribution in [-0.4, -0.2) is 100 Å². The highest BCUT2D eigenvalue weighted by molar-refractivity contribution is 5.96. The van der Waals surface area contributed by atoms with Crippen molar-refractivity contribution in [2.75, 3.05) is 58.1 Å². The van der Waals surface area contributed by atoms with E-state index in [0.29, 0.717) is 0 Å². The summed E-state index contributed by atoms with van der Waals surface area (Å²) in [4.78, 5) is 59.6. The van der Waals surface area contributed by atoms with Crippen LogP contribution in [0.2, 0.25) is 0 Å². The molecule has 3 rings (SSSR count). The zero-order valence-electron chi connectivity index (χ0n) is 25.0. The first-order valence-corrected chi connectivity index (χ1v) is 13.4. The third-order valence-electron chi connectivity index (χ3n) is 5.74. The van der Waals surface area contributed by atoms with Gasteiger partial charge in [0.05, 0.1) is 11.3 Å². The van der Waals surface area contributed by atoms with Gasteiger partial charge in [-0.15, -0.1) is 0 Å². The number of aromatic carboxylic acids is 1. The summed E-state index contributed by atoms with van der Waals surface area (Å²) >= 11 is 0. The van der Waals surface area contributed by atoms with E-state index in [2.05, 4.69) is 61.8 Å². The Balaban J connectivity index is 1.95. The molecule has 0 bridgehead atoms. The van der Waals surface area contributed by atoms with Gasteiger partial charge in [0.15, 0.2) is 0 Å². The van der Waals surface area contributed by atoms with Gasteiger partial charge in [0.25, 0.3) is 0 Å². The molecule has 0 aliphatic rings. The predicted molar refractivity (Wildman–Crippen MR) is 165 cm³/mol. The number of aromatic nitrogens is 6. The molecule has 0 spiro atoms. The highest BCUT2D eigenvalue weighted by Gasteiger charge is 2.21. The quantitative estimate of drug-likeness (QED) is 0.0970. The number of hydrogen-bond acceptors (Lipinski definition) is 17. The topological polar surface area (TPSA) is 313 Å². The van der Waals surface area contributed by atoms with E-state index in [4.69, 9.17) is 21.7 Å². The Hall–Kier alpha value is -5.63. The van der Waals surface area contributed by atoms with Gasteiger partial charge in [-0.1, -0.05) is 0 Å². The minimum absolute atomic E-state index is 0.0184. The Morgan fingerprint density at radius 2 is 1.09 bits per heavy atom. The van der Waals surface area contributed by atoms with Crippen LogP contribution < -0.4 is 43.4 Å². The van der Waals surface area contributed by atoms with E-state index in [1.54, 1.807) is 13.8 Å². The highest BCUT2D eigenvalue weighted by atomic mass is 16.4. The molecule has 3 aromatic rings. The number of carboxylic acids is 3. The number of nitrogens with zero attached hydrogens (tertiary/aromatic N) is 6. The lowest BCUT2D eigenvalue weighted by Crippen LogP contribution is -2.40. The molecule has 0 amide bonds. The van der Waals surface area contributed by atoms with Gasteiger partial charge in [-0.3, -0.25) is 9.59 Å². The smallest absolute Gasteiger partial charge is 0.337 e. The van der Waals surface area contributed by atoms with Crippen LogP contribution in [0.4, 0.5) is 47.1 Å². The van der Waals surface area contributed by atoms with Crippen molar-refractivity contribution in [1.82, 2.24) is 29.9 Å². The summed E-state index contributed by atoms with van der Waals surface area (Å²) in [5.74, 6) is -3.65. The second-order valence-corrected chi connectivity index (χ2v) is 10.8. The van der Waals surface area contributed by atoms with E-state index >= 15 is 0 Å². The largest absolute Gasteiger partial charge is 0.480 e. The molecule has 0 radical (unpaired) electrons. The minimum Gasteiger partial charge on any atom is -0.480 e. The predicted octanol–water partition coefficient (Wildman–Crippen LogP) is 0.533. The molecule has 2 heterocycles. The molecular weight excluding hydrogens is 592 g/mol. The van der Waals surface area contributed by atoms with Crippen LogP contribution >= 0.6 is 0 Å². The Morgan fingerprint density at radius 1 is 0.667 bits per heavy atom. The van der Waals surface area contributed by atoms with Crippen LogP contribution in [0, 0.1) is 0 Å². The van der Waals surface area contributed by atoms with Crippen LogP contribution in [0.25, 0.3) is 0 Å². The van der Waals surface area contributed by atoms with Gasteiger partial charge in [-0.2, -0.15) is 29.9 Å². The average Bonchev–Trinajstić information content (AvgIpc) is 2.95. The normalized spacial score (nSPS) is 11.3. The number of aliphatic carboxylic acids is 2. The maximum Gasteiger partial charge on any atom is 0.337 e. The fraction of sp³-hybridized carbons (Fsp3) is 0.400. The summed E-state index contributed by atoms with van der Waals surface area (Å²) in [6.45, 7) is 6.75. The van der Waals surface area contributed by atoms with Gasteiger partial charge in [-0.05, 0) is 45.9 Å². The summed E-state index contributed by atoms with van der Waals surface area (Å²) in [7, 11) is 0. The Bertz CT molecular complexity index is 1550. The summed E-state index contributed by atoms with van der Waals surface area (Å²) in [5, 5.41) is 45.0. The summed E-state index contributed by atoms with van der Waals surface area (Å²) in [6, 6.07) is 4.27. The van der Waals surface area contributed by atoms with Crippen molar-refractivity contribution < 1.29 is 29.7 Å². The van der Waals surface area contributed by atoms with Crippen LogP contribution in [0.15, 0.2) is 18.2 Å². The standard InChI is InChI=1S/C25H36N14O6/c1-24(2,10-26)38-22-34-18(28-8-15(40)41)32-20(36-22)30-12-5-6-14(13(7-12)17(44)45)31-21-33-19(29-9-16(42)43)35-23(37-21)39-25(3,4)11-27/h5-7H,8-11,26-27H2,1-4H3,(H,40,41)(H,42,43)(H,44,45)(H3,28,30,32,34,36,38)(H3,29,31,33,35,37,39). The molecule has 0 aliphatic carbocycles. The number of anilines is 8. The molecule has 45 heavy (non-hydrogen) atoms. The number of benzene rings is 1. The lowest BCUT2D eigenvalue weighted by molar-refractivity contribution is -0.136. The van der Waals surface area contributed by atoms with Crippen molar-refractivity contribution in [2.24, 2.45) is 11.5 Å². The van der Waals surface area contributed by atoms with Crippen molar-refractivity contribution in [3.8, 4) is 0 Å². The molecule has 1 aromatic carbocycles. The third-order valence-corrected chi connectivity index (χ3v) is 5.74. The number of nitrogens with one attached hydrogen (secondary N) is 6. The second kappa shape index (κ2) is 14.2. The van der Waals surface area contributed by atoms with Crippen LogP contribution in [-0.2, 0) is 9.59 Å². The molecule has 20 nitrogen and oxygen atoms in total. The van der Waals surface area contributed by atoms with Gasteiger partial charge < -0.3 is 58.7 Å². The van der Waals surface area contributed by atoms with Gasteiger partial charge in [0.1, 0.15) is 13.1 Å². The third kappa shape index (κ3) is 10.5. The lowest BCUT2D eigenvalue weighted by Gasteiger charge is -2.24. The molecule has 0 unspecified atom stereocenters. The molecule has 0 saturated heterocycles. The fourth-order valence-corrected chi connectivity index (χ4v) is 3.31. The SMILES string of the molecule is CC(C)(CN)Nc1nc(NCC(=O)O)nc(Nc2ccc(Nc3nc(NCC(=O)O)nc(NC(C)(C)CN)n3)c(C(=O)O)c2)n1. The van der Waals surface area contributed by atoms with Crippen LogP contribution in [0.3, 0.4) is 0 Å². The number of carbonyl (C=O) groups is 3. The second-order valence-electron chi connectivity index (χ2n) is 10.8. The summed E-state index contributed by atoms with van der Waals surface area (Å²) < 4.78 is 0. The number of hydrogen-bond donors (Lipinski definition) is 11. The number of nitrogens with two attached hydrogens (primary N) is 2. The maximum absolute atomic E-state index is 12.2. The fourth-order valence-electron chi connectivity index (χ4n) is 3.31. The van der Waals surface area contributed by atoms with Crippen molar-refractivity contribution in [3.05, 3.63) is 23.8 Å². The average molecular weight is 629 g/mol. The zero-order chi connectivity index (χ0) is 33.4.